The summed E-state index contributed by atoms with van der Waals surface area (Å²) in [7, 11) is 1.60. The van der Waals surface area contributed by atoms with Crippen LogP contribution in [0.4, 0.5) is 10.1 Å². The number of nitrogens with one attached hydrogen (secondary N) is 1. The Kier molecular flexibility index (Phi) is 5.74. The first-order chi connectivity index (χ1) is 8.54. The number of halogens is 1. The van der Waals surface area contributed by atoms with Gasteiger partial charge in [-0.2, -0.15) is 0 Å². The van der Waals surface area contributed by atoms with E-state index in [0.29, 0.717) is 30.7 Å². The minimum Gasteiger partial charge on any atom is -0.385 e. The third kappa shape index (κ3) is 4.43. The Morgan fingerprint density at radius 2 is 2.28 bits per heavy atom. The highest BCUT2D eigenvalue weighted by molar-refractivity contribution is 5.94. The first-order valence-corrected chi connectivity index (χ1v) is 5.86. The van der Waals surface area contributed by atoms with E-state index in [-0.39, 0.29) is 11.7 Å². The first kappa shape index (κ1) is 14.6. The Bertz CT molecular complexity index is 410. The summed E-state index contributed by atoms with van der Waals surface area (Å²) in [5.41, 5.74) is 6.67. The third-order valence-corrected chi connectivity index (χ3v) is 2.64. The molecule has 0 saturated heterocycles. The maximum atomic E-state index is 13.3. The predicted molar refractivity (Wildman–Crippen MR) is 68.9 cm³/mol. The molecule has 1 aromatic carbocycles. The number of aryl methyl sites for hydroxylation is 1. The summed E-state index contributed by atoms with van der Waals surface area (Å²) in [4.78, 5) is 11.7. The van der Waals surface area contributed by atoms with E-state index in [1.807, 2.05) is 0 Å². The lowest BCUT2D eigenvalue weighted by atomic mass is 10.1. The van der Waals surface area contributed by atoms with Crippen LogP contribution in [0.2, 0.25) is 0 Å². The van der Waals surface area contributed by atoms with Gasteiger partial charge in [-0.25, -0.2) is 4.39 Å². The smallest absolute Gasteiger partial charge is 0.241 e. The zero-order valence-electron chi connectivity index (χ0n) is 10.7. The van der Waals surface area contributed by atoms with Crippen molar-refractivity contribution in [2.24, 2.45) is 5.73 Å². The van der Waals surface area contributed by atoms with Crippen molar-refractivity contribution in [3.05, 3.63) is 29.6 Å². The largest absolute Gasteiger partial charge is 0.385 e. The predicted octanol–water partition coefficient (Wildman–Crippen LogP) is 1.83. The van der Waals surface area contributed by atoms with Gasteiger partial charge in [-0.3, -0.25) is 4.79 Å². The summed E-state index contributed by atoms with van der Waals surface area (Å²) in [5, 5.41) is 2.59. The first-order valence-electron chi connectivity index (χ1n) is 5.86. The molecule has 100 valence electrons. The molecule has 1 unspecified atom stereocenters. The van der Waals surface area contributed by atoms with Crippen molar-refractivity contribution in [3.63, 3.8) is 0 Å². The molecular weight excluding hydrogens is 235 g/mol. The molecule has 1 rings (SSSR count). The third-order valence-electron chi connectivity index (χ3n) is 2.64. The average molecular weight is 254 g/mol. The molecule has 0 aliphatic heterocycles. The molecule has 0 aliphatic carbocycles. The number of benzene rings is 1. The molecule has 0 heterocycles. The summed E-state index contributed by atoms with van der Waals surface area (Å²) in [6.45, 7) is 2.23. The fourth-order valence-corrected chi connectivity index (χ4v) is 1.48. The van der Waals surface area contributed by atoms with E-state index in [0.717, 1.165) is 0 Å². The average Bonchev–Trinajstić information content (AvgIpc) is 2.34. The maximum Gasteiger partial charge on any atom is 0.241 e. The number of carbonyl (C=O) groups excluding carboxylic acids is 1. The summed E-state index contributed by atoms with van der Waals surface area (Å²) >= 11 is 0. The normalized spacial score (nSPS) is 12.2. The van der Waals surface area contributed by atoms with Crippen molar-refractivity contribution < 1.29 is 13.9 Å². The molecule has 1 atom stereocenters. The van der Waals surface area contributed by atoms with Crippen LogP contribution in [0.1, 0.15) is 18.4 Å². The lowest BCUT2D eigenvalue weighted by Gasteiger charge is -2.12. The van der Waals surface area contributed by atoms with Crippen LogP contribution in [0.3, 0.4) is 0 Å². The van der Waals surface area contributed by atoms with Crippen LogP contribution in [-0.4, -0.2) is 25.7 Å². The number of hydrogen-bond donors (Lipinski definition) is 2. The van der Waals surface area contributed by atoms with Crippen LogP contribution in [0.25, 0.3) is 0 Å². The van der Waals surface area contributed by atoms with Gasteiger partial charge in [0.1, 0.15) is 5.82 Å². The Morgan fingerprint density at radius 3 is 2.89 bits per heavy atom. The van der Waals surface area contributed by atoms with Gasteiger partial charge in [0.15, 0.2) is 0 Å². The second-order valence-corrected chi connectivity index (χ2v) is 4.19. The van der Waals surface area contributed by atoms with Gasteiger partial charge in [-0.15, -0.1) is 0 Å². The van der Waals surface area contributed by atoms with Crippen LogP contribution >= 0.6 is 0 Å². The summed E-state index contributed by atoms with van der Waals surface area (Å²) in [5.74, 6) is -0.657. The highest BCUT2D eigenvalue weighted by Crippen LogP contribution is 2.14. The van der Waals surface area contributed by atoms with Crippen molar-refractivity contribution in [2.45, 2.75) is 25.8 Å². The van der Waals surface area contributed by atoms with Crippen molar-refractivity contribution in [1.82, 2.24) is 0 Å². The molecule has 18 heavy (non-hydrogen) atoms. The number of anilines is 1. The standard InChI is InChI=1S/C13H19FN2O2/c1-9-5-6-10(8-11(9)14)16-13(17)12(15)4-3-7-18-2/h5-6,8,12H,3-4,7,15H2,1-2H3,(H,16,17). The van der Waals surface area contributed by atoms with Crippen LogP contribution in [-0.2, 0) is 9.53 Å². The molecule has 1 amide bonds. The Labute approximate surface area is 106 Å². The fraction of sp³-hybridized carbons (Fsp3) is 0.462. The molecule has 1 aromatic rings. The zero-order valence-corrected chi connectivity index (χ0v) is 10.7. The number of rotatable bonds is 6. The van der Waals surface area contributed by atoms with E-state index in [1.54, 1.807) is 26.2 Å². The van der Waals surface area contributed by atoms with Gasteiger partial charge >= 0.3 is 0 Å². The number of hydrogen-bond acceptors (Lipinski definition) is 3. The molecule has 0 aromatic heterocycles. The van der Waals surface area contributed by atoms with Crippen molar-refractivity contribution in [2.75, 3.05) is 19.0 Å². The number of amides is 1. The van der Waals surface area contributed by atoms with E-state index in [4.69, 9.17) is 10.5 Å². The molecular formula is C13H19FN2O2. The molecule has 0 saturated carbocycles. The minimum absolute atomic E-state index is 0.311. The molecule has 0 fully saturated rings. The molecule has 0 spiro atoms. The monoisotopic (exact) mass is 254 g/mol. The van der Waals surface area contributed by atoms with E-state index in [1.165, 1.54) is 6.07 Å². The second kappa shape index (κ2) is 7.08. The highest BCUT2D eigenvalue weighted by atomic mass is 19.1. The van der Waals surface area contributed by atoms with Crippen LogP contribution in [0.5, 0.6) is 0 Å². The number of carbonyl (C=O) groups is 1. The van der Waals surface area contributed by atoms with Gasteiger partial charge in [0, 0.05) is 19.4 Å². The van der Waals surface area contributed by atoms with Crippen LogP contribution in [0, 0.1) is 12.7 Å². The molecule has 0 bridgehead atoms. The lowest BCUT2D eigenvalue weighted by Crippen LogP contribution is -2.35. The summed E-state index contributed by atoms with van der Waals surface area (Å²) in [6.07, 6.45) is 1.25. The lowest BCUT2D eigenvalue weighted by molar-refractivity contribution is -0.117. The molecule has 0 aliphatic rings. The SMILES string of the molecule is COCCCC(N)C(=O)Nc1ccc(C)c(F)c1. The minimum atomic E-state index is -0.607. The van der Waals surface area contributed by atoms with Crippen LogP contribution in [0.15, 0.2) is 18.2 Å². The maximum absolute atomic E-state index is 13.3. The number of ether oxygens (including phenoxy) is 1. The van der Waals surface area contributed by atoms with Gasteiger partial charge in [0.05, 0.1) is 6.04 Å². The topological polar surface area (TPSA) is 64.3 Å². The Morgan fingerprint density at radius 1 is 1.56 bits per heavy atom. The highest BCUT2D eigenvalue weighted by Gasteiger charge is 2.13. The van der Waals surface area contributed by atoms with E-state index < -0.39 is 6.04 Å². The van der Waals surface area contributed by atoms with Crippen molar-refractivity contribution in [3.8, 4) is 0 Å². The van der Waals surface area contributed by atoms with Gasteiger partial charge in [0.25, 0.3) is 0 Å². The van der Waals surface area contributed by atoms with E-state index in [9.17, 15) is 9.18 Å². The summed E-state index contributed by atoms with van der Waals surface area (Å²) < 4.78 is 18.2. The summed E-state index contributed by atoms with van der Waals surface area (Å²) in [6, 6.07) is 3.94. The van der Waals surface area contributed by atoms with Crippen molar-refractivity contribution in [1.29, 1.82) is 0 Å². The molecule has 5 heteroatoms. The molecule has 3 N–H and O–H groups in total. The van der Waals surface area contributed by atoms with Gasteiger partial charge < -0.3 is 15.8 Å². The molecule has 4 nitrogen and oxygen atoms in total. The van der Waals surface area contributed by atoms with Crippen molar-refractivity contribution >= 4 is 11.6 Å². The Hall–Kier alpha value is -1.46. The van der Waals surface area contributed by atoms with Gasteiger partial charge in [-0.1, -0.05) is 6.07 Å². The van der Waals surface area contributed by atoms with E-state index >= 15 is 0 Å². The number of nitrogens with two attached hydrogens (primary N) is 1. The molecule has 0 radical (unpaired) electrons. The second-order valence-electron chi connectivity index (χ2n) is 4.19. The van der Waals surface area contributed by atoms with E-state index in [2.05, 4.69) is 5.32 Å². The van der Waals surface area contributed by atoms with Gasteiger partial charge in [0.2, 0.25) is 5.91 Å². The van der Waals surface area contributed by atoms with Gasteiger partial charge in [-0.05, 0) is 37.5 Å². The van der Waals surface area contributed by atoms with Crippen LogP contribution < -0.4 is 11.1 Å². The zero-order chi connectivity index (χ0) is 13.5. The fourth-order valence-electron chi connectivity index (χ4n) is 1.48. The Balaban J connectivity index is 2.50. The quantitative estimate of drug-likeness (QED) is 0.761. The number of methoxy groups -OCH3 is 1.